The summed E-state index contributed by atoms with van der Waals surface area (Å²) >= 11 is 10.9. The van der Waals surface area contributed by atoms with Gasteiger partial charge in [-0.25, -0.2) is 0 Å². The molecule has 1 rings (SSSR count). The summed E-state index contributed by atoms with van der Waals surface area (Å²) in [4.78, 5) is 0. The highest BCUT2D eigenvalue weighted by atomic mass is 35.5. The van der Waals surface area contributed by atoms with E-state index >= 15 is 0 Å². The molecule has 3 N–H and O–H groups in total. The van der Waals surface area contributed by atoms with Crippen molar-refractivity contribution in [3.8, 4) is 0 Å². The number of nitrogens with one attached hydrogen (secondary N) is 2. The van der Waals surface area contributed by atoms with Crippen LogP contribution in [0.5, 0.6) is 0 Å². The number of benzene rings is 1. The Morgan fingerprint density at radius 3 is 2.93 bits per heavy atom. The highest BCUT2D eigenvalue weighted by Gasteiger charge is 2.01. The van der Waals surface area contributed by atoms with E-state index in [9.17, 15) is 0 Å². The molecule has 0 heterocycles. The lowest BCUT2D eigenvalue weighted by Crippen LogP contribution is -2.30. The minimum Gasteiger partial charge on any atom is -0.395 e. The highest BCUT2D eigenvalue weighted by Crippen LogP contribution is 2.19. The number of aliphatic hydroxyl groups is 1. The first kappa shape index (κ1) is 12.2. The molecule has 0 amide bonds. The molecular formula is C10H13ClN2OS. The maximum absolute atomic E-state index is 8.61. The van der Waals surface area contributed by atoms with Crippen molar-refractivity contribution in [2.45, 2.75) is 6.92 Å². The lowest BCUT2D eigenvalue weighted by molar-refractivity contribution is 0.301. The Hall–Kier alpha value is -0.840. The third-order valence-electron chi connectivity index (χ3n) is 1.85. The van der Waals surface area contributed by atoms with Crippen LogP contribution in [0.1, 0.15) is 5.56 Å². The van der Waals surface area contributed by atoms with E-state index in [1.54, 1.807) is 0 Å². The van der Waals surface area contributed by atoms with Crippen molar-refractivity contribution in [2.75, 3.05) is 18.5 Å². The molecule has 0 saturated heterocycles. The predicted molar refractivity (Wildman–Crippen MR) is 67.5 cm³/mol. The lowest BCUT2D eigenvalue weighted by Gasteiger charge is -2.11. The van der Waals surface area contributed by atoms with Gasteiger partial charge in [0.2, 0.25) is 0 Å². The minimum atomic E-state index is 0.0519. The van der Waals surface area contributed by atoms with Gasteiger partial charge in [-0.2, -0.15) is 0 Å². The summed E-state index contributed by atoms with van der Waals surface area (Å²) in [6, 6.07) is 5.55. The van der Waals surface area contributed by atoms with Gasteiger partial charge in [0.05, 0.1) is 6.61 Å². The number of aliphatic hydroxyl groups excluding tert-OH is 1. The first-order valence-corrected chi connectivity index (χ1v) is 5.34. The van der Waals surface area contributed by atoms with Crippen LogP contribution in [-0.4, -0.2) is 23.4 Å². The molecule has 0 unspecified atom stereocenters. The Morgan fingerprint density at radius 1 is 1.53 bits per heavy atom. The molecule has 0 saturated carbocycles. The molecule has 3 nitrogen and oxygen atoms in total. The van der Waals surface area contributed by atoms with Crippen molar-refractivity contribution in [2.24, 2.45) is 0 Å². The Morgan fingerprint density at radius 2 is 2.27 bits per heavy atom. The number of halogens is 1. The van der Waals surface area contributed by atoms with Crippen LogP contribution in [0.3, 0.4) is 0 Å². The molecule has 1 aromatic rings. The Balaban J connectivity index is 2.63. The highest BCUT2D eigenvalue weighted by molar-refractivity contribution is 7.80. The third kappa shape index (κ3) is 4.03. The molecule has 0 bridgehead atoms. The number of aryl methyl sites for hydroxylation is 1. The second-order valence-electron chi connectivity index (χ2n) is 3.06. The van der Waals surface area contributed by atoms with Gasteiger partial charge in [0.15, 0.2) is 5.11 Å². The first-order valence-electron chi connectivity index (χ1n) is 4.55. The smallest absolute Gasteiger partial charge is 0.170 e. The Kier molecular flexibility index (Phi) is 4.81. The van der Waals surface area contributed by atoms with E-state index in [4.69, 9.17) is 28.9 Å². The summed E-state index contributed by atoms with van der Waals surface area (Å²) in [5.41, 5.74) is 1.94. The van der Waals surface area contributed by atoms with E-state index < -0.39 is 0 Å². The average Bonchev–Trinajstić information content (AvgIpc) is 2.20. The Labute approximate surface area is 99.4 Å². The number of hydrogen-bond donors (Lipinski definition) is 3. The topological polar surface area (TPSA) is 44.3 Å². The predicted octanol–water partition coefficient (Wildman–Crippen LogP) is 1.93. The molecule has 0 radical (unpaired) electrons. The van der Waals surface area contributed by atoms with Crippen molar-refractivity contribution in [1.82, 2.24) is 5.32 Å². The fraction of sp³-hybridized carbons (Fsp3) is 0.300. The van der Waals surface area contributed by atoms with Crippen LogP contribution in [0.4, 0.5) is 5.69 Å². The summed E-state index contributed by atoms with van der Waals surface area (Å²) < 4.78 is 0. The van der Waals surface area contributed by atoms with Crippen LogP contribution in [0.15, 0.2) is 18.2 Å². The van der Waals surface area contributed by atoms with E-state index in [1.807, 2.05) is 25.1 Å². The zero-order valence-electron chi connectivity index (χ0n) is 8.38. The fourth-order valence-electron chi connectivity index (χ4n) is 1.06. The van der Waals surface area contributed by atoms with Crippen molar-refractivity contribution < 1.29 is 5.11 Å². The largest absolute Gasteiger partial charge is 0.395 e. The van der Waals surface area contributed by atoms with Crippen LogP contribution in [0.25, 0.3) is 0 Å². The van der Waals surface area contributed by atoms with Crippen LogP contribution in [-0.2, 0) is 0 Å². The molecule has 1 aromatic carbocycles. The summed E-state index contributed by atoms with van der Waals surface area (Å²) in [5.74, 6) is 0. The van der Waals surface area contributed by atoms with Gasteiger partial charge in [-0.1, -0.05) is 17.7 Å². The second kappa shape index (κ2) is 5.90. The third-order valence-corrected chi connectivity index (χ3v) is 2.33. The van der Waals surface area contributed by atoms with Crippen molar-refractivity contribution in [1.29, 1.82) is 0 Å². The van der Waals surface area contributed by atoms with Gasteiger partial charge in [0, 0.05) is 17.3 Å². The number of anilines is 1. The monoisotopic (exact) mass is 244 g/mol. The first-order chi connectivity index (χ1) is 7.13. The maximum Gasteiger partial charge on any atom is 0.170 e. The van der Waals surface area contributed by atoms with Crippen LogP contribution >= 0.6 is 23.8 Å². The summed E-state index contributed by atoms with van der Waals surface area (Å²) in [7, 11) is 0. The van der Waals surface area contributed by atoms with E-state index in [0.29, 0.717) is 16.7 Å². The summed E-state index contributed by atoms with van der Waals surface area (Å²) in [6.45, 7) is 2.45. The van der Waals surface area contributed by atoms with Crippen LogP contribution in [0.2, 0.25) is 5.02 Å². The van der Waals surface area contributed by atoms with E-state index in [0.717, 1.165) is 11.3 Å². The standard InChI is InChI=1S/C10H13ClN2OS/c1-7-2-3-8(11)6-9(7)13-10(15)12-4-5-14/h2-3,6,14H,4-5H2,1H3,(H2,12,13,15). The zero-order chi connectivity index (χ0) is 11.3. The van der Waals surface area contributed by atoms with Crippen molar-refractivity contribution in [3.63, 3.8) is 0 Å². The summed E-state index contributed by atoms with van der Waals surface area (Å²) in [5, 5.41) is 15.6. The van der Waals surface area contributed by atoms with Gasteiger partial charge in [0.25, 0.3) is 0 Å². The zero-order valence-corrected chi connectivity index (χ0v) is 9.95. The van der Waals surface area contributed by atoms with Gasteiger partial charge in [-0.15, -0.1) is 0 Å². The molecule has 5 heteroatoms. The summed E-state index contributed by atoms with van der Waals surface area (Å²) in [6.07, 6.45) is 0. The minimum absolute atomic E-state index is 0.0519. The second-order valence-corrected chi connectivity index (χ2v) is 3.91. The van der Waals surface area contributed by atoms with Crippen LogP contribution in [0, 0.1) is 6.92 Å². The van der Waals surface area contributed by atoms with Crippen LogP contribution < -0.4 is 10.6 Å². The molecule has 0 aliphatic heterocycles. The average molecular weight is 245 g/mol. The van der Waals surface area contributed by atoms with Gasteiger partial charge < -0.3 is 15.7 Å². The number of rotatable bonds is 3. The molecule has 0 aliphatic rings. The SMILES string of the molecule is Cc1ccc(Cl)cc1NC(=S)NCCO. The molecule has 0 aromatic heterocycles. The van der Waals surface area contributed by atoms with E-state index in [-0.39, 0.29) is 6.61 Å². The van der Waals surface area contributed by atoms with Crippen molar-refractivity contribution >= 4 is 34.6 Å². The maximum atomic E-state index is 8.61. The van der Waals surface area contributed by atoms with Crippen molar-refractivity contribution in [3.05, 3.63) is 28.8 Å². The van der Waals surface area contributed by atoms with Gasteiger partial charge >= 0.3 is 0 Å². The molecule has 0 spiro atoms. The van der Waals surface area contributed by atoms with Gasteiger partial charge in [-0.3, -0.25) is 0 Å². The quantitative estimate of drug-likeness (QED) is 0.711. The molecular weight excluding hydrogens is 232 g/mol. The van der Waals surface area contributed by atoms with Gasteiger partial charge in [-0.05, 0) is 36.8 Å². The van der Waals surface area contributed by atoms with E-state index in [1.165, 1.54) is 0 Å². The normalized spacial score (nSPS) is 9.80. The lowest BCUT2D eigenvalue weighted by atomic mass is 10.2. The molecule has 0 aliphatic carbocycles. The van der Waals surface area contributed by atoms with Gasteiger partial charge in [0.1, 0.15) is 0 Å². The molecule has 82 valence electrons. The Bertz CT molecular complexity index is 357. The number of hydrogen-bond acceptors (Lipinski definition) is 2. The molecule has 0 atom stereocenters. The van der Waals surface area contributed by atoms with E-state index in [2.05, 4.69) is 10.6 Å². The number of thiocarbonyl (C=S) groups is 1. The fourth-order valence-corrected chi connectivity index (χ4v) is 1.45. The molecule has 0 fully saturated rings. The molecule has 15 heavy (non-hydrogen) atoms.